The minimum Gasteiger partial charge on any atom is -0.379 e. The smallest absolute Gasteiger partial charge is 0.379 e. The first-order valence-electron chi connectivity index (χ1n) is 17.2. The van der Waals surface area contributed by atoms with Crippen LogP contribution >= 0.6 is 11.1 Å². The fourth-order valence-electron chi connectivity index (χ4n) is 5.97. The van der Waals surface area contributed by atoms with Crippen molar-refractivity contribution >= 4 is 35.3 Å². The van der Waals surface area contributed by atoms with Gasteiger partial charge in [0.1, 0.15) is 0 Å². The van der Waals surface area contributed by atoms with Crippen molar-refractivity contribution in [1.29, 1.82) is 0 Å². The lowest BCUT2D eigenvalue weighted by molar-refractivity contribution is 0.551. The van der Waals surface area contributed by atoms with Crippen LogP contribution in [0.25, 0.3) is 0 Å². The van der Waals surface area contributed by atoms with Crippen LogP contribution in [0, 0.1) is 0 Å². The van der Waals surface area contributed by atoms with Crippen LogP contribution in [-0.4, -0.2) is 7.71 Å². The molecule has 0 saturated carbocycles. The van der Waals surface area contributed by atoms with Gasteiger partial charge in [-0.25, -0.2) is 0 Å². The average molecular weight is 662 g/mol. The van der Waals surface area contributed by atoms with Gasteiger partial charge in [0.25, 0.3) is 0 Å². The molecular formula is C42H65ClN2Si. The Morgan fingerprint density at radius 1 is 0.413 bits per heavy atom. The second-order valence-corrected chi connectivity index (χ2v) is 23.8. The van der Waals surface area contributed by atoms with Crippen LogP contribution in [0.3, 0.4) is 0 Å². The number of benzene rings is 3. The molecule has 0 radical (unpaired) electrons. The summed E-state index contributed by atoms with van der Waals surface area (Å²) in [6.45, 7) is 41.7. The monoisotopic (exact) mass is 660 g/mol. The van der Waals surface area contributed by atoms with Crippen molar-refractivity contribution < 1.29 is 0 Å². The summed E-state index contributed by atoms with van der Waals surface area (Å²) in [6.07, 6.45) is 0. The molecule has 0 atom stereocenters. The Bertz CT molecular complexity index is 1360. The Hall–Kier alpha value is -2.23. The fourth-order valence-corrected chi connectivity index (χ4v) is 9.15. The number of hydrogen-bond donors (Lipinski definition) is 2. The summed E-state index contributed by atoms with van der Waals surface area (Å²) < 4.78 is 0. The van der Waals surface area contributed by atoms with Crippen molar-refractivity contribution in [2.45, 2.75) is 157 Å². The lowest BCUT2D eigenvalue weighted by Crippen LogP contribution is -2.58. The largest absolute Gasteiger partial charge is 0.394 e. The minimum atomic E-state index is -3.20. The molecule has 0 aliphatic rings. The lowest BCUT2D eigenvalue weighted by Gasteiger charge is -2.40. The molecule has 0 bridgehead atoms. The molecule has 0 heterocycles. The number of halogens is 1. The first kappa shape index (κ1) is 38.2. The van der Waals surface area contributed by atoms with E-state index in [1.165, 1.54) is 33.4 Å². The van der Waals surface area contributed by atoms with Crippen LogP contribution in [0.2, 0.25) is 0 Å². The number of anilines is 2. The third-order valence-electron chi connectivity index (χ3n) is 9.01. The first-order chi connectivity index (χ1) is 20.5. The van der Waals surface area contributed by atoms with E-state index in [9.17, 15) is 0 Å². The molecule has 0 aromatic heterocycles. The number of rotatable bonds is 5. The third-order valence-corrected chi connectivity index (χ3v) is 12.5. The van der Waals surface area contributed by atoms with E-state index < -0.39 is 7.71 Å². The molecule has 3 aromatic carbocycles. The zero-order valence-corrected chi connectivity index (χ0v) is 34.3. The Labute approximate surface area is 289 Å². The standard InChI is InChI=1S/C42H65ClN2Si/c1-37(2,3)28-24-31(39(7,8)9)35(32(25-28)40(10,11)12)44-46(43,30-22-20-19-21-23-30)45-36-33(41(13,14)15)26-29(38(4,5)6)27-34(36)42(16,17)18/h19-27,44-45H,1-18H3. The van der Waals surface area contributed by atoms with E-state index in [2.05, 4.69) is 189 Å². The molecule has 0 amide bonds. The highest BCUT2D eigenvalue weighted by molar-refractivity contribution is 7.30. The van der Waals surface area contributed by atoms with E-state index in [1.807, 2.05) is 0 Å². The average Bonchev–Trinajstić information content (AvgIpc) is 2.85. The summed E-state index contributed by atoms with van der Waals surface area (Å²) in [7, 11) is -3.20. The van der Waals surface area contributed by atoms with Crippen LogP contribution in [0.15, 0.2) is 54.6 Å². The molecule has 254 valence electrons. The van der Waals surface area contributed by atoms with Gasteiger partial charge < -0.3 is 9.96 Å². The molecule has 2 nitrogen and oxygen atoms in total. The topological polar surface area (TPSA) is 24.1 Å². The zero-order valence-electron chi connectivity index (χ0n) is 32.6. The molecule has 46 heavy (non-hydrogen) atoms. The van der Waals surface area contributed by atoms with Crippen LogP contribution in [0.1, 0.15) is 158 Å². The molecule has 0 saturated heterocycles. The van der Waals surface area contributed by atoms with E-state index in [1.54, 1.807) is 0 Å². The molecule has 0 unspecified atom stereocenters. The summed E-state index contributed by atoms with van der Waals surface area (Å²) in [4.78, 5) is 8.29. The van der Waals surface area contributed by atoms with Crippen LogP contribution in [-0.2, 0) is 32.5 Å². The third kappa shape index (κ3) is 8.61. The molecule has 2 N–H and O–H groups in total. The van der Waals surface area contributed by atoms with Crippen LogP contribution in [0.4, 0.5) is 11.4 Å². The normalized spacial score (nSPS) is 14.0. The van der Waals surface area contributed by atoms with Crippen molar-refractivity contribution in [2.75, 3.05) is 9.96 Å². The molecule has 0 fully saturated rings. The van der Waals surface area contributed by atoms with Crippen LogP contribution in [0.5, 0.6) is 0 Å². The van der Waals surface area contributed by atoms with Gasteiger partial charge in [-0.3, -0.25) is 0 Å². The summed E-state index contributed by atoms with van der Waals surface area (Å²) >= 11 is 8.20. The summed E-state index contributed by atoms with van der Waals surface area (Å²) in [5, 5.41) is 1.11. The highest BCUT2D eigenvalue weighted by Crippen LogP contribution is 2.45. The highest BCUT2D eigenvalue weighted by Gasteiger charge is 2.42. The van der Waals surface area contributed by atoms with Gasteiger partial charge in [0.2, 0.25) is 0 Å². The van der Waals surface area contributed by atoms with Crippen molar-refractivity contribution in [3.63, 3.8) is 0 Å². The van der Waals surface area contributed by atoms with Crippen molar-refractivity contribution in [2.24, 2.45) is 0 Å². The summed E-state index contributed by atoms with van der Waals surface area (Å²) in [5.74, 6) is 0. The van der Waals surface area contributed by atoms with E-state index >= 15 is 0 Å². The molecule has 0 aliphatic heterocycles. The van der Waals surface area contributed by atoms with Crippen molar-refractivity contribution in [3.05, 3.63) is 88.0 Å². The SMILES string of the molecule is CC(C)(C)c1cc(C(C)(C)C)c(N[Si](Cl)(Nc2c(C(C)(C)C)cc(C(C)(C)C)cc2C(C)(C)C)c2ccccc2)c(C(C)(C)C)c1. The lowest BCUT2D eigenvalue weighted by atomic mass is 9.74. The van der Waals surface area contributed by atoms with Gasteiger partial charge in [0, 0.05) is 11.4 Å². The maximum atomic E-state index is 8.20. The molecule has 3 rings (SSSR count). The molecule has 0 spiro atoms. The highest BCUT2D eigenvalue weighted by atomic mass is 35.6. The Kier molecular flexibility index (Phi) is 10.2. The number of hydrogen-bond acceptors (Lipinski definition) is 2. The first-order valence-corrected chi connectivity index (χ1v) is 20.2. The Balaban J connectivity index is 2.49. The van der Waals surface area contributed by atoms with Gasteiger partial charge in [-0.2, -0.15) is 0 Å². The quantitative estimate of drug-likeness (QED) is 0.210. The van der Waals surface area contributed by atoms with Gasteiger partial charge in [0.15, 0.2) is 0 Å². The Morgan fingerprint density at radius 2 is 0.674 bits per heavy atom. The van der Waals surface area contributed by atoms with E-state index in [-0.39, 0.29) is 32.5 Å². The maximum absolute atomic E-state index is 8.20. The fraction of sp³-hybridized carbons (Fsp3) is 0.571. The van der Waals surface area contributed by atoms with Gasteiger partial charge in [-0.1, -0.05) is 179 Å². The van der Waals surface area contributed by atoms with E-state index in [0.717, 1.165) is 16.6 Å². The molecular weight excluding hydrogens is 596 g/mol. The van der Waals surface area contributed by atoms with Gasteiger partial charge in [-0.05, 0) is 71.1 Å². The Morgan fingerprint density at radius 3 is 0.891 bits per heavy atom. The van der Waals surface area contributed by atoms with Crippen molar-refractivity contribution in [3.8, 4) is 0 Å². The van der Waals surface area contributed by atoms with Gasteiger partial charge >= 0.3 is 7.71 Å². The predicted molar refractivity (Wildman–Crippen MR) is 210 cm³/mol. The van der Waals surface area contributed by atoms with Crippen molar-refractivity contribution in [1.82, 2.24) is 0 Å². The molecule has 3 aromatic rings. The van der Waals surface area contributed by atoms with Gasteiger partial charge in [0.05, 0.1) is 0 Å². The van der Waals surface area contributed by atoms with E-state index in [0.29, 0.717) is 0 Å². The van der Waals surface area contributed by atoms with Gasteiger partial charge in [-0.15, -0.1) is 11.1 Å². The minimum absolute atomic E-state index is 0.0176. The second kappa shape index (κ2) is 12.3. The van der Waals surface area contributed by atoms with E-state index in [4.69, 9.17) is 11.1 Å². The second-order valence-electron chi connectivity index (χ2n) is 19.7. The summed E-state index contributed by atoms with van der Waals surface area (Å²) in [6, 6.07) is 20.4. The maximum Gasteiger partial charge on any atom is 0.394 e. The predicted octanol–water partition coefficient (Wildman–Crippen LogP) is 12.1. The molecule has 0 aliphatic carbocycles. The zero-order chi connectivity index (χ0) is 35.5. The number of nitrogens with one attached hydrogen (secondary N) is 2. The molecule has 4 heteroatoms. The van der Waals surface area contributed by atoms with Crippen LogP contribution < -0.4 is 15.2 Å². The summed E-state index contributed by atoms with van der Waals surface area (Å²) in [5.41, 5.74) is 9.85.